The topological polar surface area (TPSA) is 39.2 Å². The van der Waals surface area contributed by atoms with Gasteiger partial charge in [0.2, 0.25) is 4.27 Å². The summed E-state index contributed by atoms with van der Waals surface area (Å²) < 4.78 is 4.20. The Morgan fingerprint density at radius 1 is 1.62 bits per heavy atom. The number of hydrogen-bond acceptors (Lipinski definition) is 5. The van der Waals surface area contributed by atoms with Gasteiger partial charge >= 0.3 is 5.97 Å². The van der Waals surface area contributed by atoms with Crippen LogP contribution in [-0.2, 0) is 9.53 Å². The first-order chi connectivity index (χ1) is 7.41. The van der Waals surface area contributed by atoms with E-state index in [9.17, 15) is 4.79 Å². The molecule has 0 saturated carbocycles. The van der Waals surface area contributed by atoms with Crippen molar-refractivity contribution in [3.63, 3.8) is 0 Å². The lowest BCUT2D eigenvalue weighted by atomic mass is 10.4. The van der Waals surface area contributed by atoms with Gasteiger partial charge in [0.25, 0.3) is 0 Å². The van der Waals surface area contributed by atoms with E-state index in [0.29, 0.717) is 5.57 Å². The second kappa shape index (κ2) is 5.41. The predicted octanol–water partition coefficient (Wildman–Crippen LogP) is 2.90. The zero-order chi connectivity index (χ0) is 12.2. The summed E-state index contributed by atoms with van der Waals surface area (Å²) in [7, 11) is 0. The molecule has 16 heavy (non-hydrogen) atoms. The highest BCUT2D eigenvalue weighted by molar-refractivity contribution is 8.11. The molecule has 86 valence electrons. The van der Waals surface area contributed by atoms with Gasteiger partial charge in [0.05, 0.1) is 0 Å². The molecule has 0 radical (unpaired) electrons. The Morgan fingerprint density at radius 3 is 2.81 bits per heavy atom. The summed E-state index contributed by atoms with van der Waals surface area (Å²) >= 11 is 5.53. The Bertz CT molecular complexity index is 390. The fourth-order valence-corrected chi connectivity index (χ4v) is 2.01. The highest BCUT2D eigenvalue weighted by Crippen LogP contribution is 2.36. The standard InChI is InChI=1S/C11H13NO2S2/c1-8(2)10(13)14-11(3,15)16-9-6-4-5-7-12-9/h4-7,15H,1H2,2-3H3. The molecule has 0 spiro atoms. The number of carbonyl (C=O) groups is 1. The fraction of sp³-hybridized carbons (Fsp3) is 0.273. The molecule has 1 aromatic rings. The van der Waals surface area contributed by atoms with Gasteiger partial charge in [0.1, 0.15) is 5.03 Å². The highest BCUT2D eigenvalue weighted by Gasteiger charge is 2.26. The summed E-state index contributed by atoms with van der Waals surface area (Å²) in [5, 5.41) is 0.745. The summed E-state index contributed by atoms with van der Waals surface area (Å²) in [6.45, 7) is 6.80. The first kappa shape index (κ1) is 13.1. The van der Waals surface area contributed by atoms with Crippen molar-refractivity contribution in [3.05, 3.63) is 36.5 Å². The predicted molar refractivity (Wildman–Crippen MR) is 68.4 cm³/mol. The van der Waals surface area contributed by atoms with Gasteiger partial charge in [-0.05, 0) is 37.7 Å². The molecule has 1 aromatic heterocycles. The SMILES string of the molecule is C=C(C)C(=O)OC(C)(S)Sc1ccccn1. The van der Waals surface area contributed by atoms with Crippen LogP contribution in [0.15, 0.2) is 41.6 Å². The zero-order valence-electron chi connectivity index (χ0n) is 9.14. The first-order valence-electron chi connectivity index (χ1n) is 4.62. The molecular weight excluding hydrogens is 242 g/mol. The molecule has 1 rings (SSSR count). The zero-order valence-corrected chi connectivity index (χ0v) is 10.8. The molecule has 0 fully saturated rings. The lowest BCUT2D eigenvalue weighted by Gasteiger charge is -2.22. The van der Waals surface area contributed by atoms with Crippen LogP contribution in [0.3, 0.4) is 0 Å². The highest BCUT2D eigenvalue weighted by atomic mass is 32.2. The number of rotatable bonds is 4. The van der Waals surface area contributed by atoms with Gasteiger partial charge in [-0.3, -0.25) is 0 Å². The molecule has 0 aliphatic rings. The molecule has 0 aliphatic heterocycles. The molecule has 0 saturated heterocycles. The lowest BCUT2D eigenvalue weighted by Crippen LogP contribution is -2.22. The maximum absolute atomic E-state index is 11.3. The van der Waals surface area contributed by atoms with Crippen molar-refractivity contribution in [1.29, 1.82) is 0 Å². The second-order valence-electron chi connectivity index (χ2n) is 3.34. The fourth-order valence-electron chi connectivity index (χ4n) is 0.881. The maximum atomic E-state index is 11.3. The third-order valence-electron chi connectivity index (χ3n) is 1.56. The third-order valence-corrected chi connectivity index (χ3v) is 2.84. The number of carbonyl (C=O) groups excluding carboxylic acids is 1. The van der Waals surface area contributed by atoms with Crippen molar-refractivity contribution in [2.75, 3.05) is 0 Å². The van der Waals surface area contributed by atoms with E-state index >= 15 is 0 Å². The second-order valence-corrected chi connectivity index (χ2v) is 5.90. The molecule has 0 amide bonds. The van der Waals surface area contributed by atoms with Gasteiger partial charge in [-0.2, -0.15) is 0 Å². The van der Waals surface area contributed by atoms with Gasteiger partial charge in [0, 0.05) is 11.8 Å². The summed E-state index contributed by atoms with van der Waals surface area (Å²) in [6.07, 6.45) is 1.67. The van der Waals surface area contributed by atoms with E-state index in [0.717, 1.165) is 5.03 Å². The molecule has 0 bridgehead atoms. The maximum Gasteiger partial charge on any atom is 0.335 e. The Balaban J connectivity index is 2.65. The smallest absolute Gasteiger partial charge is 0.335 e. The number of hydrogen-bond donors (Lipinski definition) is 1. The quantitative estimate of drug-likeness (QED) is 0.295. The Labute approximate surface area is 105 Å². The minimum Gasteiger partial charge on any atom is -0.435 e. The van der Waals surface area contributed by atoms with Crippen molar-refractivity contribution in [2.24, 2.45) is 0 Å². The lowest BCUT2D eigenvalue weighted by molar-refractivity contribution is -0.141. The largest absolute Gasteiger partial charge is 0.435 e. The molecule has 1 heterocycles. The minimum absolute atomic E-state index is 0.349. The molecule has 0 N–H and O–H groups in total. The van der Waals surface area contributed by atoms with Crippen molar-refractivity contribution >= 4 is 30.4 Å². The van der Waals surface area contributed by atoms with Crippen LogP contribution in [0.4, 0.5) is 0 Å². The summed E-state index contributed by atoms with van der Waals surface area (Å²) in [5.74, 6) is -0.457. The number of pyridine rings is 1. The Hall–Kier alpha value is -0.940. The number of ether oxygens (including phenoxy) is 1. The molecule has 3 nitrogen and oxygen atoms in total. The van der Waals surface area contributed by atoms with E-state index < -0.39 is 10.2 Å². The summed E-state index contributed by atoms with van der Waals surface area (Å²) in [5.41, 5.74) is 0.349. The van der Waals surface area contributed by atoms with E-state index in [-0.39, 0.29) is 0 Å². The van der Waals surface area contributed by atoms with Gasteiger partial charge in [-0.15, -0.1) is 12.6 Å². The van der Waals surface area contributed by atoms with E-state index in [1.807, 2.05) is 18.2 Å². The van der Waals surface area contributed by atoms with Crippen LogP contribution >= 0.6 is 24.4 Å². The number of aromatic nitrogens is 1. The van der Waals surface area contributed by atoms with Crippen molar-refractivity contribution in [1.82, 2.24) is 4.98 Å². The van der Waals surface area contributed by atoms with Crippen molar-refractivity contribution in [3.8, 4) is 0 Å². The average molecular weight is 255 g/mol. The molecule has 1 unspecified atom stereocenters. The Morgan fingerprint density at radius 2 is 2.31 bits per heavy atom. The van der Waals surface area contributed by atoms with E-state index in [1.54, 1.807) is 20.0 Å². The number of nitrogens with zero attached hydrogens (tertiary/aromatic N) is 1. The van der Waals surface area contributed by atoms with Crippen LogP contribution in [0.2, 0.25) is 0 Å². The van der Waals surface area contributed by atoms with Crippen LogP contribution < -0.4 is 0 Å². The minimum atomic E-state index is -0.954. The van der Waals surface area contributed by atoms with Gasteiger partial charge in [0.15, 0.2) is 0 Å². The normalized spacial score (nSPS) is 13.9. The van der Waals surface area contributed by atoms with E-state index in [1.165, 1.54) is 11.8 Å². The van der Waals surface area contributed by atoms with Crippen molar-refractivity contribution < 1.29 is 9.53 Å². The first-order valence-corrected chi connectivity index (χ1v) is 5.88. The van der Waals surface area contributed by atoms with Crippen LogP contribution in [0.25, 0.3) is 0 Å². The monoisotopic (exact) mass is 255 g/mol. The summed E-state index contributed by atoms with van der Waals surface area (Å²) in [4.78, 5) is 15.5. The summed E-state index contributed by atoms with van der Waals surface area (Å²) in [6, 6.07) is 5.51. The van der Waals surface area contributed by atoms with Gasteiger partial charge in [-0.25, -0.2) is 9.78 Å². The van der Waals surface area contributed by atoms with Crippen LogP contribution in [-0.4, -0.2) is 15.2 Å². The molecule has 0 aromatic carbocycles. The van der Waals surface area contributed by atoms with Crippen LogP contribution in [0, 0.1) is 0 Å². The number of thioether (sulfide) groups is 1. The van der Waals surface area contributed by atoms with E-state index in [2.05, 4.69) is 24.2 Å². The van der Waals surface area contributed by atoms with Gasteiger partial charge in [-0.1, -0.05) is 12.6 Å². The molecule has 1 atom stereocenters. The molecule has 0 aliphatic carbocycles. The third kappa shape index (κ3) is 4.28. The van der Waals surface area contributed by atoms with Gasteiger partial charge < -0.3 is 4.74 Å². The number of thiol groups is 1. The van der Waals surface area contributed by atoms with Crippen molar-refractivity contribution in [2.45, 2.75) is 23.1 Å². The van der Waals surface area contributed by atoms with E-state index in [4.69, 9.17) is 4.74 Å². The Kier molecular flexibility index (Phi) is 4.44. The average Bonchev–Trinajstić information content (AvgIpc) is 2.17. The van der Waals surface area contributed by atoms with Crippen LogP contribution in [0.1, 0.15) is 13.8 Å². The molecular formula is C11H13NO2S2. The molecule has 5 heteroatoms. The number of esters is 1. The van der Waals surface area contributed by atoms with Crippen LogP contribution in [0.5, 0.6) is 0 Å².